The Bertz CT molecular complexity index is 953. The average Bonchev–Trinajstić information content (AvgIpc) is 3.18. The first kappa shape index (κ1) is 25.8. The highest BCUT2D eigenvalue weighted by molar-refractivity contribution is 7.99. The van der Waals surface area contributed by atoms with Crippen molar-refractivity contribution in [1.82, 2.24) is 9.88 Å². The number of aliphatic hydroxyl groups is 1. The summed E-state index contributed by atoms with van der Waals surface area (Å²) in [4.78, 5) is 28.8. The second-order valence-corrected chi connectivity index (χ2v) is 9.48. The number of amides is 1. The lowest BCUT2D eigenvalue weighted by molar-refractivity contribution is -0.137. The molecule has 2 heterocycles. The molecular formula is C26H32N2O5S. The number of carbonyl (C=O) groups excluding carboxylic acids is 1. The quantitative estimate of drug-likeness (QED) is 0.311. The van der Waals surface area contributed by atoms with Crippen molar-refractivity contribution >= 4 is 23.6 Å². The number of pyridine rings is 1. The van der Waals surface area contributed by atoms with E-state index in [0.29, 0.717) is 32.4 Å². The molecular weight excluding hydrogens is 452 g/mol. The first-order chi connectivity index (χ1) is 16.5. The Morgan fingerprint density at radius 3 is 2.91 bits per heavy atom. The molecule has 1 saturated heterocycles. The number of aromatic nitrogens is 1. The van der Waals surface area contributed by atoms with E-state index in [9.17, 15) is 14.7 Å². The van der Waals surface area contributed by atoms with E-state index in [-0.39, 0.29) is 18.4 Å². The van der Waals surface area contributed by atoms with Crippen LogP contribution in [0.5, 0.6) is 5.75 Å². The van der Waals surface area contributed by atoms with E-state index in [4.69, 9.17) is 9.84 Å². The van der Waals surface area contributed by atoms with Gasteiger partial charge < -0.3 is 19.8 Å². The third kappa shape index (κ3) is 8.83. The van der Waals surface area contributed by atoms with E-state index < -0.39 is 12.1 Å². The molecule has 7 nitrogen and oxygen atoms in total. The SMILES string of the molecule is O=C(O)CCCSCCN1C(=O)CC[C@@H]1C=C[C@@H](O)Cc1cccc(OCc2cccnc2)c1. The zero-order valence-corrected chi connectivity index (χ0v) is 20.0. The molecule has 1 aliphatic rings. The molecule has 1 aromatic heterocycles. The minimum Gasteiger partial charge on any atom is -0.489 e. The number of thioether (sulfide) groups is 1. The maximum atomic E-state index is 12.3. The normalized spacial score (nSPS) is 16.8. The van der Waals surface area contributed by atoms with Crippen LogP contribution in [0.2, 0.25) is 0 Å². The van der Waals surface area contributed by atoms with Crippen LogP contribution in [0.3, 0.4) is 0 Å². The molecule has 0 saturated carbocycles. The molecule has 0 unspecified atom stereocenters. The van der Waals surface area contributed by atoms with Crippen LogP contribution in [0.4, 0.5) is 0 Å². The van der Waals surface area contributed by atoms with Crippen molar-refractivity contribution in [3.63, 3.8) is 0 Å². The summed E-state index contributed by atoms with van der Waals surface area (Å²) in [5.41, 5.74) is 1.96. The number of carboxylic acid groups (broad SMARTS) is 1. The number of hydrogen-bond donors (Lipinski definition) is 2. The predicted octanol–water partition coefficient (Wildman–Crippen LogP) is 3.71. The molecule has 0 radical (unpaired) electrons. The van der Waals surface area contributed by atoms with Crippen molar-refractivity contribution in [3.8, 4) is 5.75 Å². The third-order valence-corrected chi connectivity index (χ3v) is 6.61. The molecule has 0 spiro atoms. The lowest BCUT2D eigenvalue weighted by atomic mass is 10.1. The van der Waals surface area contributed by atoms with E-state index in [1.54, 1.807) is 30.2 Å². The number of aliphatic carboxylic acids is 1. The van der Waals surface area contributed by atoms with E-state index in [0.717, 1.165) is 34.8 Å². The molecule has 2 atom stereocenters. The smallest absolute Gasteiger partial charge is 0.303 e. The van der Waals surface area contributed by atoms with Gasteiger partial charge in [-0.1, -0.05) is 30.4 Å². The van der Waals surface area contributed by atoms with Gasteiger partial charge in [-0.3, -0.25) is 14.6 Å². The molecule has 1 fully saturated rings. The minimum absolute atomic E-state index is 0.00378. The van der Waals surface area contributed by atoms with Crippen molar-refractivity contribution in [2.24, 2.45) is 0 Å². The molecule has 3 rings (SSSR count). The fourth-order valence-electron chi connectivity index (χ4n) is 3.82. The number of ether oxygens (including phenoxy) is 1. The summed E-state index contributed by atoms with van der Waals surface area (Å²) in [5, 5.41) is 19.2. The van der Waals surface area contributed by atoms with Gasteiger partial charge in [-0.2, -0.15) is 11.8 Å². The number of rotatable bonds is 14. The number of hydrogen-bond acceptors (Lipinski definition) is 6. The third-order valence-electron chi connectivity index (χ3n) is 5.56. The summed E-state index contributed by atoms with van der Waals surface area (Å²) < 4.78 is 5.84. The summed E-state index contributed by atoms with van der Waals surface area (Å²) in [6, 6.07) is 11.5. The number of aliphatic hydroxyl groups excluding tert-OH is 1. The highest BCUT2D eigenvalue weighted by Crippen LogP contribution is 2.22. The van der Waals surface area contributed by atoms with Crippen LogP contribution in [0, 0.1) is 0 Å². The van der Waals surface area contributed by atoms with E-state index in [1.165, 1.54) is 0 Å². The number of likely N-dealkylation sites (tertiary alicyclic amines) is 1. The van der Waals surface area contributed by atoms with Gasteiger partial charge in [-0.25, -0.2) is 0 Å². The molecule has 2 aromatic rings. The molecule has 1 aliphatic heterocycles. The van der Waals surface area contributed by atoms with E-state index in [2.05, 4.69) is 4.98 Å². The van der Waals surface area contributed by atoms with Gasteiger partial charge in [0, 0.05) is 49.5 Å². The Kier molecular flexibility index (Phi) is 10.4. The van der Waals surface area contributed by atoms with Crippen molar-refractivity contribution in [2.75, 3.05) is 18.1 Å². The van der Waals surface area contributed by atoms with Gasteiger partial charge >= 0.3 is 5.97 Å². The lowest BCUT2D eigenvalue weighted by Gasteiger charge is -2.22. The second-order valence-electron chi connectivity index (χ2n) is 8.26. The second kappa shape index (κ2) is 13.8. The molecule has 1 amide bonds. The van der Waals surface area contributed by atoms with Crippen LogP contribution in [-0.2, 0) is 22.6 Å². The molecule has 1 aromatic carbocycles. The van der Waals surface area contributed by atoms with Crippen LogP contribution in [-0.4, -0.2) is 62.2 Å². The fraction of sp³-hybridized carbons (Fsp3) is 0.423. The Hall–Kier alpha value is -2.84. The molecule has 182 valence electrons. The van der Waals surface area contributed by atoms with Crippen LogP contribution in [0.15, 0.2) is 60.9 Å². The monoisotopic (exact) mass is 484 g/mol. The van der Waals surface area contributed by atoms with Gasteiger partial charge in [0.15, 0.2) is 0 Å². The van der Waals surface area contributed by atoms with Gasteiger partial charge in [0.05, 0.1) is 12.1 Å². The zero-order chi connectivity index (χ0) is 24.2. The maximum absolute atomic E-state index is 12.3. The molecule has 0 aliphatic carbocycles. The molecule has 0 bridgehead atoms. The summed E-state index contributed by atoms with van der Waals surface area (Å²) in [6.07, 6.45) is 9.11. The number of benzene rings is 1. The van der Waals surface area contributed by atoms with Crippen molar-refractivity contribution in [2.45, 2.75) is 50.9 Å². The molecule has 34 heavy (non-hydrogen) atoms. The van der Waals surface area contributed by atoms with Gasteiger partial charge in [0.2, 0.25) is 5.91 Å². The Balaban J connectivity index is 1.44. The van der Waals surface area contributed by atoms with Crippen molar-refractivity contribution in [1.29, 1.82) is 0 Å². The van der Waals surface area contributed by atoms with Crippen LogP contribution < -0.4 is 4.74 Å². The Labute approximate surface area is 204 Å². The lowest BCUT2D eigenvalue weighted by Crippen LogP contribution is -2.34. The van der Waals surface area contributed by atoms with Gasteiger partial charge in [-0.15, -0.1) is 0 Å². The predicted molar refractivity (Wildman–Crippen MR) is 133 cm³/mol. The highest BCUT2D eigenvalue weighted by Gasteiger charge is 2.28. The number of nitrogens with zero attached hydrogens (tertiary/aromatic N) is 2. The summed E-state index contributed by atoms with van der Waals surface area (Å²) in [7, 11) is 0. The first-order valence-corrected chi connectivity index (χ1v) is 12.7. The standard InChI is InChI=1S/C26H32N2O5S/c29-23(16-20-4-1-6-24(17-20)33-19-21-5-2-12-27-18-21)10-8-22-9-11-25(30)28(22)13-15-34-14-3-7-26(31)32/h1-2,4-6,8,10,12,17-18,22-23,29H,3,7,9,11,13-16,19H2,(H,31,32)/t22-,23+/m0/s1. The van der Waals surface area contributed by atoms with E-state index >= 15 is 0 Å². The van der Waals surface area contributed by atoms with Crippen LogP contribution in [0.1, 0.15) is 36.8 Å². The average molecular weight is 485 g/mol. The zero-order valence-electron chi connectivity index (χ0n) is 19.2. The van der Waals surface area contributed by atoms with E-state index in [1.807, 2.05) is 47.4 Å². The topological polar surface area (TPSA) is 100.0 Å². The summed E-state index contributed by atoms with van der Waals surface area (Å²) in [6.45, 7) is 1.07. The van der Waals surface area contributed by atoms with Gasteiger partial charge in [0.1, 0.15) is 12.4 Å². The minimum atomic E-state index is -0.775. The van der Waals surface area contributed by atoms with Gasteiger partial charge in [-0.05, 0) is 42.4 Å². The van der Waals surface area contributed by atoms with Crippen molar-refractivity contribution in [3.05, 3.63) is 72.1 Å². The number of carbonyl (C=O) groups is 2. The number of carboxylic acids is 1. The summed E-state index contributed by atoms with van der Waals surface area (Å²) in [5.74, 6) is 1.66. The molecule has 2 N–H and O–H groups in total. The van der Waals surface area contributed by atoms with Crippen LogP contribution >= 0.6 is 11.8 Å². The largest absolute Gasteiger partial charge is 0.489 e. The van der Waals surface area contributed by atoms with Gasteiger partial charge in [0.25, 0.3) is 0 Å². The maximum Gasteiger partial charge on any atom is 0.303 e. The highest BCUT2D eigenvalue weighted by atomic mass is 32.2. The summed E-state index contributed by atoms with van der Waals surface area (Å²) >= 11 is 1.67. The van der Waals surface area contributed by atoms with Crippen molar-refractivity contribution < 1.29 is 24.5 Å². The fourth-order valence-corrected chi connectivity index (χ4v) is 4.69. The Morgan fingerprint density at radius 1 is 1.26 bits per heavy atom. The van der Waals surface area contributed by atoms with Crippen LogP contribution in [0.25, 0.3) is 0 Å². The first-order valence-electron chi connectivity index (χ1n) is 11.6. The molecule has 8 heteroatoms. The Morgan fingerprint density at radius 2 is 2.12 bits per heavy atom.